The van der Waals surface area contributed by atoms with Gasteiger partial charge < -0.3 is 4.42 Å². The fourth-order valence-electron chi connectivity index (χ4n) is 5.94. The Labute approximate surface area is 206 Å². The number of fused-ring (bicyclic) bond motifs is 3. The van der Waals surface area contributed by atoms with Gasteiger partial charge in [0, 0.05) is 28.5 Å². The molecule has 1 aliphatic rings. The van der Waals surface area contributed by atoms with Gasteiger partial charge in [0.25, 0.3) is 0 Å². The summed E-state index contributed by atoms with van der Waals surface area (Å²) in [5.41, 5.74) is 10.3. The maximum atomic E-state index is 10.1. The summed E-state index contributed by atoms with van der Waals surface area (Å²) in [6.45, 7) is 4.29. The zero-order valence-electron chi connectivity index (χ0n) is 20.6. The third-order valence-electron chi connectivity index (χ3n) is 7.80. The fourth-order valence-corrected chi connectivity index (χ4v) is 5.94. The number of hydrogen-bond donors (Lipinski definition) is 0. The zero-order chi connectivity index (χ0) is 24.1. The second kappa shape index (κ2) is 8.40. The number of aromatic nitrogens is 1. The van der Waals surface area contributed by atoms with Crippen molar-refractivity contribution in [2.45, 2.75) is 45.4 Å². The third kappa shape index (κ3) is 3.44. The van der Waals surface area contributed by atoms with E-state index in [1.54, 1.807) is 0 Å². The second-order valence-electron chi connectivity index (χ2n) is 9.97. The van der Waals surface area contributed by atoms with E-state index in [9.17, 15) is 5.26 Å². The molecule has 172 valence electrons. The third-order valence-corrected chi connectivity index (χ3v) is 7.80. The zero-order valence-corrected chi connectivity index (χ0v) is 20.6. The number of furan rings is 1. The predicted molar refractivity (Wildman–Crippen MR) is 141 cm³/mol. The minimum atomic E-state index is 0.650. The molecule has 6 rings (SSSR count). The molecule has 0 aliphatic heterocycles. The lowest BCUT2D eigenvalue weighted by atomic mass is 9.89. The highest BCUT2D eigenvalue weighted by Gasteiger charge is 2.24. The van der Waals surface area contributed by atoms with Gasteiger partial charge in [-0.15, -0.1) is 0 Å². The van der Waals surface area contributed by atoms with Crippen molar-refractivity contribution >= 4 is 21.9 Å². The van der Waals surface area contributed by atoms with Crippen molar-refractivity contribution in [2.24, 2.45) is 7.05 Å². The minimum Gasteiger partial charge on any atom is -0.454 e. The summed E-state index contributed by atoms with van der Waals surface area (Å²) >= 11 is 0. The van der Waals surface area contributed by atoms with E-state index < -0.39 is 0 Å². The van der Waals surface area contributed by atoms with Crippen molar-refractivity contribution in [1.29, 1.82) is 5.26 Å². The van der Waals surface area contributed by atoms with Gasteiger partial charge in [0.1, 0.15) is 18.2 Å². The summed E-state index contributed by atoms with van der Waals surface area (Å²) in [6.07, 6.45) is 7.26. The molecular formula is C32H29N2O+. The van der Waals surface area contributed by atoms with Gasteiger partial charge in [-0.05, 0) is 73.1 Å². The second-order valence-corrected chi connectivity index (χ2v) is 9.97. The van der Waals surface area contributed by atoms with Crippen LogP contribution in [0, 0.1) is 25.2 Å². The standard InChI is InChI=1S/C32H29N2O/c1-20-11-14-26-27-16-13-24(19-33)30(25-15-12-23(18-21(25)2)22-8-4-5-9-22)32(27)35-31(26)29(20)28-10-6-7-17-34(28)3/h6-7,10-18,22H,4-5,8-9H2,1-3H3/q+1. The van der Waals surface area contributed by atoms with E-state index >= 15 is 0 Å². The predicted octanol–water partition coefficient (Wildman–Crippen LogP) is 7.89. The SMILES string of the molecule is Cc1cc(C2CCCC2)ccc1-c1c(C#N)ccc2c1oc1c(-c3cccc[n+]3C)c(C)ccc12. The van der Waals surface area contributed by atoms with Crippen molar-refractivity contribution in [3.63, 3.8) is 0 Å². The number of pyridine rings is 1. The number of rotatable bonds is 3. The average molecular weight is 458 g/mol. The van der Waals surface area contributed by atoms with E-state index in [2.05, 4.69) is 80.2 Å². The molecule has 2 heterocycles. The molecular weight excluding hydrogens is 428 g/mol. The van der Waals surface area contributed by atoms with Crippen LogP contribution in [0.1, 0.15) is 53.9 Å². The molecule has 35 heavy (non-hydrogen) atoms. The summed E-state index contributed by atoms with van der Waals surface area (Å²) < 4.78 is 8.85. The van der Waals surface area contributed by atoms with E-state index in [1.807, 2.05) is 18.2 Å². The molecule has 0 atom stereocenters. The van der Waals surface area contributed by atoms with Crippen molar-refractivity contribution in [2.75, 3.05) is 0 Å². The lowest BCUT2D eigenvalue weighted by molar-refractivity contribution is -0.660. The van der Waals surface area contributed by atoms with Gasteiger partial charge >= 0.3 is 0 Å². The van der Waals surface area contributed by atoms with E-state index in [4.69, 9.17) is 4.42 Å². The Bertz CT molecular complexity index is 1640. The van der Waals surface area contributed by atoms with Crippen molar-refractivity contribution in [3.8, 4) is 28.5 Å². The van der Waals surface area contributed by atoms with Gasteiger partial charge in [0.15, 0.2) is 6.20 Å². The van der Waals surface area contributed by atoms with Crippen LogP contribution < -0.4 is 4.57 Å². The Kier molecular flexibility index (Phi) is 5.19. The maximum absolute atomic E-state index is 10.1. The molecule has 1 fully saturated rings. The first-order valence-corrected chi connectivity index (χ1v) is 12.5. The lowest BCUT2D eigenvalue weighted by Crippen LogP contribution is -2.30. The number of nitrogens with zero attached hydrogens (tertiary/aromatic N) is 2. The van der Waals surface area contributed by atoms with Crippen molar-refractivity contribution in [3.05, 3.63) is 89.1 Å². The number of nitriles is 1. The lowest BCUT2D eigenvalue weighted by Gasteiger charge is -2.14. The Morgan fingerprint density at radius 1 is 0.857 bits per heavy atom. The minimum absolute atomic E-state index is 0.650. The number of hydrogen-bond acceptors (Lipinski definition) is 2. The van der Waals surface area contributed by atoms with Gasteiger partial charge in [-0.3, -0.25) is 0 Å². The van der Waals surface area contributed by atoms with Gasteiger partial charge in [0.2, 0.25) is 5.69 Å². The quantitative estimate of drug-likeness (QED) is 0.258. The molecule has 1 aliphatic carbocycles. The normalized spacial score (nSPS) is 14.1. The Morgan fingerprint density at radius 2 is 1.60 bits per heavy atom. The molecule has 0 N–H and O–H groups in total. The molecule has 5 aromatic rings. The fraction of sp³-hybridized carbons (Fsp3) is 0.250. The van der Waals surface area contributed by atoms with Gasteiger partial charge in [-0.2, -0.15) is 5.26 Å². The molecule has 0 radical (unpaired) electrons. The summed E-state index contributed by atoms with van der Waals surface area (Å²) in [5, 5.41) is 12.2. The van der Waals surface area contributed by atoms with Crippen molar-refractivity contribution < 1.29 is 8.98 Å². The first-order chi connectivity index (χ1) is 17.1. The largest absolute Gasteiger partial charge is 0.454 e. The summed E-state index contributed by atoms with van der Waals surface area (Å²) in [5.74, 6) is 0.664. The van der Waals surface area contributed by atoms with Crippen LogP contribution >= 0.6 is 0 Å². The molecule has 0 amide bonds. The van der Waals surface area contributed by atoms with Crippen LogP contribution in [0.25, 0.3) is 44.3 Å². The van der Waals surface area contributed by atoms with Gasteiger partial charge in [-0.25, -0.2) is 4.57 Å². The summed E-state index contributed by atoms with van der Waals surface area (Å²) in [7, 11) is 2.06. The highest BCUT2D eigenvalue weighted by Crippen LogP contribution is 2.43. The van der Waals surface area contributed by atoms with Crippen LogP contribution in [0.4, 0.5) is 0 Å². The topological polar surface area (TPSA) is 40.8 Å². The van der Waals surface area contributed by atoms with E-state index in [1.165, 1.54) is 36.8 Å². The molecule has 1 saturated carbocycles. The maximum Gasteiger partial charge on any atom is 0.216 e. The molecule has 0 spiro atoms. The van der Waals surface area contributed by atoms with E-state index in [0.29, 0.717) is 11.5 Å². The molecule has 0 saturated heterocycles. The van der Waals surface area contributed by atoms with Crippen LogP contribution in [0.3, 0.4) is 0 Å². The van der Waals surface area contributed by atoms with Crippen LogP contribution in [0.5, 0.6) is 0 Å². The molecule has 2 aromatic heterocycles. The van der Waals surface area contributed by atoms with Crippen molar-refractivity contribution in [1.82, 2.24) is 0 Å². The van der Waals surface area contributed by atoms with Crippen LogP contribution in [0.15, 0.2) is 71.3 Å². The first kappa shape index (κ1) is 21.6. The molecule has 0 unspecified atom stereocenters. The summed E-state index contributed by atoms with van der Waals surface area (Å²) in [4.78, 5) is 0. The van der Waals surface area contributed by atoms with E-state index in [0.717, 1.165) is 49.9 Å². The van der Waals surface area contributed by atoms with Gasteiger partial charge in [0.05, 0.1) is 17.2 Å². The number of benzene rings is 3. The first-order valence-electron chi connectivity index (χ1n) is 12.5. The Morgan fingerprint density at radius 3 is 2.31 bits per heavy atom. The average Bonchev–Trinajstić information content (AvgIpc) is 3.52. The van der Waals surface area contributed by atoms with Gasteiger partial charge in [-0.1, -0.05) is 43.2 Å². The molecule has 3 nitrogen and oxygen atoms in total. The molecule has 3 aromatic carbocycles. The van der Waals surface area contributed by atoms with Crippen LogP contribution in [0.2, 0.25) is 0 Å². The molecule has 3 heteroatoms. The van der Waals surface area contributed by atoms with Crippen LogP contribution in [-0.2, 0) is 7.05 Å². The highest BCUT2D eigenvalue weighted by atomic mass is 16.3. The van der Waals surface area contributed by atoms with E-state index in [-0.39, 0.29) is 0 Å². The number of aryl methyl sites for hydroxylation is 3. The molecule has 0 bridgehead atoms. The highest BCUT2D eigenvalue weighted by molar-refractivity contribution is 6.14. The summed E-state index contributed by atoms with van der Waals surface area (Å²) in [6, 6.07) is 23.7. The Balaban J connectivity index is 1.63. The monoisotopic (exact) mass is 457 g/mol. The Hall–Kier alpha value is -3.90. The van der Waals surface area contributed by atoms with Crippen LogP contribution in [-0.4, -0.2) is 0 Å². The smallest absolute Gasteiger partial charge is 0.216 e.